The van der Waals surface area contributed by atoms with E-state index >= 15 is 0 Å². The van der Waals surface area contributed by atoms with Gasteiger partial charge in [0.15, 0.2) is 23.6 Å². The Labute approximate surface area is 181 Å². The number of carbonyl (C=O) groups excluding carboxylic acids is 1. The Kier molecular flexibility index (Phi) is 6.60. The molecule has 7 heteroatoms. The maximum atomic E-state index is 14.0. The molecule has 1 aliphatic heterocycles. The molecule has 0 spiro atoms. The Morgan fingerprint density at radius 1 is 1.06 bits per heavy atom. The second-order valence-corrected chi connectivity index (χ2v) is 7.75. The van der Waals surface area contributed by atoms with Crippen LogP contribution in [0.25, 0.3) is 0 Å². The van der Waals surface area contributed by atoms with Crippen LogP contribution < -0.4 is 9.64 Å². The molecule has 3 aromatic rings. The van der Waals surface area contributed by atoms with Crippen molar-refractivity contribution in [2.24, 2.45) is 0 Å². The van der Waals surface area contributed by atoms with Crippen LogP contribution in [0.3, 0.4) is 0 Å². The number of hydrogen-bond acceptors (Lipinski definition) is 5. The van der Waals surface area contributed by atoms with Gasteiger partial charge in [-0.1, -0.05) is 12.1 Å². The highest BCUT2D eigenvalue weighted by molar-refractivity contribution is 5.80. The molecule has 0 aliphatic carbocycles. The number of rotatable bonds is 8. The molecule has 1 atom stereocenters. The van der Waals surface area contributed by atoms with Crippen LogP contribution in [-0.4, -0.2) is 30.0 Å². The van der Waals surface area contributed by atoms with Crippen molar-refractivity contribution < 1.29 is 22.8 Å². The summed E-state index contributed by atoms with van der Waals surface area (Å²) < 4.78 is 31.0. The number of para-hydroxylation sites is 1. The zero-order chi connectivity index (χ0) is 21.6. The summed E-state index contributed by atoms with van der Waals surface area (Å²) in [5.41, 5.74) is 0. The van der Waals surface area contributed by atoms with Crippen molar-refractivity contribution in [2.75, 3.05) is 18.0 Å². The summed E-state index contributed by atoms with van der Waals surface area (Å²) in [6.07, 6.45) is 4.26. The smallest absolute Gasteiger partial charge is 0.264 e. The molecule has 1 amide bonds. The van der Waals surface area contributed by atoms with E-state index in [1.165, 1.54) is 18.6 Å². The Bertz CT molecular complexity index is 979. The van der Waals surface area contributed by atoms with Crippen molar-refractivity contribution in [1.82, 2.24) is 4.90 Å². The molecule has 31 heavy (non-hydrogen) atoms. The summed E-state index contributed by atoms with van der Waals surface area (Å²) >= 11 is 0. The van der Waals surface area contributed by atoms with Crippen LogP contribution in [0.2, 0.25) is 0 Å². The molecular weight excluding hydrogens is 399 g/mol. The number of hydrogen-bond donors (Lipinski definition) is 0. The predicted molar refractivity (Wildman–Crippen MR) is 114 cm³/mol. The second kappa shape index (κ2) is 9.73. The lowest BCUT2D eigenvalue weighted by molar-refractivity contribution is -0.139. The van der Waals surface area contributed by atoms with Gasteiger partial charge in [0.1, 0.15) is 11.5 Å². The minimum Gasteiger partial charge on any atom is -0.478 e. The summed E-state index contributed by atoms with van der Waals surface area (Å²) in [6.45, 7) is 4.10. The van der Waals surface area contributed by atoms with Gasteiger partial charge < -0.3 is 23.4 Å². The maximum absolute atomic E-state index is 14.0. The van der Waals surface area contributed by atoms with Crippen molar-refractivity contribution in [3.05, 3.63) is 72.1 Å². The molecule has 1 aliphatic rings. The number of benzene rings is 1. The number of furan rings is 2. The van der Waals surface area contributed by atoms with Crippen molar-refractivity contribution >= 4 is 11.8 Å². The van der Waals surface area contributed by atoms with Crippen LogP contribution in [0.1, 0.15) is 37.7 Å². The third-order valence-corrected chi connectivity index (χ3v) is 5.39. The van der Waals surface area contributed by atoms with Crippen LogP contribution in [0, 0.1) is 5.82 Å². The molecule has 1 unspecified atom stereocenters. The summed E-state index contributed by atoms with van der Waals surface area (Å²) in [5.74, 6) is 1.42. The predicted octanol–water partition coefficient (Wildman–Crippen LogP) is 5.00. The van der Waals surface area contributed by atoms with Gasteiger partial charge in [0, 0.05) is 19.2 Å². The van der Waals surface area contributed by atoms with Crippen LogP contribution in [0.5, 0.6) is 5.75 Å². The van der Waals surface area contributed by atoms with Gasteiger partial charge in [-0.2, -0.15) is 0 Å². The Morgan fingerprint density at radius 3 is 2.58 bits per heavy atom. The fourth-order valence-electron chi connectivity index (χ4n) is 3.76. The van der Waals surface area contributed by atoms with Crippen molar-refractivity contribution in [1.29, 1.82) is 0 Å². The molecule has 3 heterocycles. The first-order valence-corrected chi connectivity index (χ1v) is 10.7. The lowest BCUT2D eigenvalue weighted by Gasteiger charge is -2.26. The highest BCUT2D eigenvalue weighted by atomic mass is 19.1. The van der Waals surface area contributed by atoms with Crippen LogP contribution in [-0.2, 0) is 17.9 Å². The van der Waals surface area contributed by atoms with E-state index in [1.54, 1.807) is 36.3 Å². The molecule has 164 valence electrons. The zero-order valence-corrected chi connectivity index (χ0v) is 17.6. The molecule has 0 radical (unpaired) electrons. The summed E-state index contributed by atoms with van der Waals surface area (Å²) in [5, 5.41) is 0. The normalized spacial score (nSPS) is 15.0. The fourth-order valence-corrected chi connectivity index (χ4v) is 3.76. The average Bonchev–Trinajstić information content (AvgIpc) is 3.47. The van der Waals surface area contributed by atoms with Crippen LogP contribution in [0.4, 0.5) is 10.3 Å². The molecule has 1 fully saturated rings. The molecule has 4 rings (SSSR count). The topological polar surface area (TPSA) is 59.1 Å². The molecule has 0 N–H and O–H groups in total. The van der Waals surface area contributed by atoms with E-state index in [2.05, 4.69) is 4.90 Å². The number of carbonyl (C=O) groups is 1. The Hall–Kier alpha value is -3.22. The van der Waals surface area contributed by atoms with Crippen molar-refractivity contribution in [3.8, 4) is 5.75 Å². The second-order valence-electron chi connectivity index (χ2n) is 7.75. The number of halogens is 1. The van der Waals surface area contributed by atoms with Crippen LogP contribution in [0.15, 0.2) is 63.6 Å². The molecule has 1 saturated heterocycles. The van der Waals surface area contributed by atoms with E-state index in [0.717, 1.165) is 31.8 Å². The highest BCUT2D eigenvalue weighted by Gasteiger charge is 2.25. The van der Waals surface area contributed by atoms with Gasteiger partial charge in [0.25, 0.3) is 5.91 Å². The van der Waals surface area contributed by atoms with Gasteiger partial charge in [0.05, 0.1) is 19.4 Å². The first-order chi connectivity index (χ1) is 15.1. The molecule has 0 bridgehead atoms. The molecular formula is C24H27FN2O4. The number of piperidine rings is 1. The summed E-state index contributed by atoms with van der Waals surface area (Å²) in [7, 11) is 0. The first-order valence-electron chi connectivity index (χ1n) is 10.7. The summed E-state index contributed by atoms with van der Waals surface area (Å²) in [4.78, 5) is 17.0. The van der Waals surface area contributed by atoms with Gasteiger partial charge >= 0.3 is 0 Å². The van der Waals surface area contributed by atoms with E-state index in [9.17, 15) is 9.18 Å². The third-order valence-electron chi connectivity index (χ3n) is 5.39. The zero-order valence-electron chi connectivity index (χ0n) is 17.6. The van der Waals surface area contributed by atoms with E-state index in [-0.39, 0.29) is 24.7 Å². The molecule has 6 nitrogen and oxygen atoms in total. The van der Waals surface area contributed by atoms with E-state index < -0.39 is 11.9 Å². The quantitative estimate of drug-likeness (QED) is 0.507. The lowest BCUT2D eigenvalue weighted by Crippen LogP contribution is -2.39. The van der Waals surface area contributed by atoms with E-state index in [1.807, 2.05) is 18.2 Å². The average molecular weight is 426 g/mol. The van der Waals surface area contributed by atoms with Gasteiger partial charge in [-0.25, -0.2) is 4.39 Å². The summed E-state index contributed by atoms with van der Waals surface area (Å²) in [6, 6.07) is 13.5. The Balaban J connectivity index is 1.48. The Morgan fingerprint density at radius 2 is 1.84 bits per heavy atom. The number of amides is 1. The number of anilines is 1. The van der Waals surface area contributed by atoms with Gasteiger partial charge in [-0.15, -0.1) is 0 Å². The SMILES string of the molecule is CC(Oc1ccccc1F)C(=O)N(Cc1ccco1)Cc1ccc(N2CCCCC2)o1. The lowest BCUT2D eigenvalue weighted by atomic mass is 10.1. The number of nitrogens with zero attached hydrogens (tertiary/aromatic N) is 2. The fraction of sp³-hybridized carbons (Fsp3) is 0.375. The maximum Gasteiger partial charge on any atom is 0.264 e. The van der Waals surface area contributed by atoms with Crippen molar-refractivity contribution in [3.63, 3.8) is 0 Å². The van der Waals surface area contributed by atoms with Gasteiger partial charge in [-0.05, 0) is 56.5 Å². The largest absolute Gasteiger partial charge is 0.478 e. The molecule has 2 aromatic heterocycles. The molecule has 0 saturated carbocycles. The van der Waals surface area contributed by atoms with Gasteiger partial charge in [0.2, 0.25) is 0 Å². The first kappa shape index (κ1) is 21.0. The van der Waals surface area contributed by atoms with Crippen LogP contribution >= 0.6 is 0 Å². The van der Waals surface area contributed by atoms with Gasteiger partial charge in [-0.3, -0.25) is 4.79 Å². The van der Waals surface area contributed by atoms with E-state index in [0.29, 0.717) is 11.5 Å². The minimum atomic E-state index is -0.872. The van der Waals surface area contributed by atoms with E-state index in [4.69, 9.17) is 13.6 Å². The highest BCUT2D eigenvalue weighted by Crippen LogP contribution is 2.24. The number of ether oxygens (including phenoxy) is 1. The molecule has 1 aromatic carbocycles. The standard InChI is InChI=1S/C24H27FN2O4/c1-18(30-22-10-4-3-9-21(22)25)24(28)27(16-19-8-7-15-29-19)17-20-11-12-23(31-20)26-13-5-2-6-14-26/h3-4,7-12,15,18H,2,5-6,13-14,16-17H2,1H3. The van der Waals surface area contributed by atoms with Crippen molar-refractivity contribution in [2.45, 2.75) is 45.4 Å². The minimum absolute atomic E-state index is 0.0479. The third kappa shape index (κ3) is 5.29. The monoisotopic (exact) mass is 426 g/mol.